The van der Waals surface area contributed by atoms with E-state index in [0.717, 1.165) is 35.7 Å². The maximum Gasteiger partial charge on any atom is 0.118 e. The largest absolute Gasteiger partial charge is 0.497 e. The van der Waals surface area contributed by atoms with Gasteiger partial charge in [0.25, 0.3) is 0 Å². The van der Waals surface area contributed by atoms with Crippen LogP contribution in [0.25, 0.3) is 0 Å². The molecule has 4 heteroatoms. The summed E-state index contributed by atoms with van der Waals surface area (Å²) < 4.78 is 7.12. The average Bonchev–Trinajstić information content (AvgIpc) is 2.71. The van der Waals surface area contributed by atoms with E-state index < -0.39 is 6.10 Å². The van der Waals surface area contributed by atoms with Gasteiger partial charge in [-0.2, -0.15) is 5.10 Å². The van der Waals surface area contributed by atoms with E-state index in [9.17, 15) is 5.11 Å². The standard InChI is InChI=1S/C16H22N2O2/c1-11-16(13(3)19)12(2)18(17-11)10-9-14-5-7-15(20-4)8-6-14/h5-8,13,19H,9-10H2,1-4H3. The molecule has 0 saturated carbocycles. The quantitative estimate of drug-likeness (QED) is 0.912. The third-order valence-electron chi connectivity index (χ3n) is 3.63. The van der Waals surface area contributed by atoms with Crippen molar-refractivity contribution in [3.05, 3.63) is 46.8 Å². The number of hydrogen-bond donors (Lipinski definition) is 1. The number of benzene rings is 1. The Kier molecular flexibility index (Phi) is 4.45. The van der Waals surface area contributed by atoms with E-state index in [-0.39, 0.29) is 0 Å². The highest BCUT2D eigenvalue weighted by Gasteiger charge is 2.15. The summed E-state index contributed by atoms with van der Waals surface area (Å²) in [5.41, 5.74) is 4.15. The fourth-order valence-corrected chi connectivity index (χ4v) is 2.56. The molecule has 0 aliphatic heterocycles. The Morgan fingerprint density at radius 2 is 1.90 bits per heavy atom. The molecule has 0 radical (unpaired) electrons. The fourth-order valence-electron chi connectivity index (χ4n) is 2.56. The molecule has 1 atom stereocenters. The average molecular weight is 274 g/mol. The van der Waals surface area contributed by atoms with Crippen molar-refractivity contribution in [2.24, 2.45) is 0 Å². The Morgan fingerprint density at radius 1 is 1.25 bits per heavy atom. The Hall–Kier alpha value is -1.81. The van der Waals surface area contributed by atoms with Gasteiger partial charge in [0.15, 0.2) is 0 Å². The van der Waals surface area contributed by atoms with E-state index in [1.165, 1.54) is 5.56 Å². The second-order valence-electron chi connectivity index (χ2n) is 5.08. The first-order valence-electron chi connectivity index (χ1n) is 6.87. The van der Waals surface area contributed by atoms with Crippen LogP contribution in [0.5, 0.6) is 5.75 Å². The number of ether oxygens (including phenoxy) is 1. The minimum absolute atomic E-state index is 0.468. The van der Waals surface area contributed by atoms with Gasteiger partial charge in [0.05, 0.1) is 18.9 Å². The molecule has 4 nitrogen and oxygen atoms in total. The molecule has 108 valence electrons. The third kappa shape index (κ3) is 3.02. The molecular formula is C16H22N2O2. The second kappa shape index (κ2) is 6.09. The highest BCUT2D eigenvalue weighted by molar-refractivity contribution is 5.28. The molecule has 2 rings (SSSR count). The summed E-state index contributed by atoms with van der Waals surface area (Å²) in [7, 11) is 1.67. The first-order chi connectivity index (χ1) is 9.52. The van der Waals surface area contributed by atoms with Crippen LogP contribution in [-0.4, -0.2) is 22.0 Å². The number of aliphatic hydroxyl groups is 1. The zero-order valence-electron chi connectivity index (χ0n) is 12.6. The molecule has 0 fully saturated rings. The summed E-state index contributed by atoms with van der Waals surface area (Å²) in [6.45, 7) is 6.55. The summed E-state index contributed by atoms with van der Waals surface area (Å²) in [5.74, 6) is 0.872. The van der Waals surface area contributed by atoms with E-state index in [1.807, 2.05) is 30.7 Å². The molecule has 1 unspecified atom stereocenters. The van der Waals surface area contributed by atoms with E-state index in [2.05, 4.69) is 17.2 Å². The van der Waals surface area contributed by atoms with Crippen LogP contribution in [0.1, 0.15) is 35.5 Å². The van der Waals surface area contributed by atoms with Gasteiger partial charge in [-0.1, -0.05) is 12.1 Å². The minimum Gasteiger partial charge on any atom is -0.497 e. The smallest absolute Gasteiger partial charge is 0.118 e. The van der Waals surface area contributed by atoms with Crippen LogP contribution < -0.4 is 4.74 Å². The molecule has 0 saturated heterocycles. The van der Waals surface area contributed by atoms with Crippen LogP contribution in [0.2, 0.25) is 0 Å². The van der Waals surface area contributed by atoms with Crippen LogP contribution >= 0.6 is 0 Å². The molecule has 1 aromatic heterocycles. The molecule has 0 aliphatic rings. The maximum atomic E-state index is 9.77. The van der Waals surface area contributed by atoms with Crippen molar-refractivity contribution in [1.82, 2.24) is 9.78 Å². The van der Waals surface area contributed by atoms with Gasteiger partial charge in [0.1, 0.15) is 5.75 Å². The molecule has 1 heterocycles. The first-order valence-corrected chi connectivity index (χ1v) is 6.87. The van der Waals surface area contributed by atoms with Crippen molar-refractivity contribution in [2.75, 3.05) is 7.11 Å². The number of hydrogen-bond acceptors (Lipinski definition) is 3. The van der Waals surface area contributed by atoms with Gasteiger partial charge in [-0.15, -0.1) is 0 Å². The van der Waals surface area contributed by atoms with Crippen LogP contribution in [0.3, 0.4) is 0 Å². The predicted molar refractivity (Wildman–Crippen MR) is 79.0 cm³/mol. The van der Waals surface area contributed by atoms with Gasteiger partial charge in [0.2, 0.25) is 0 Å². The van der Waals surface area contributed by atoms with Gasteiger partial charge in [-0.05, 0) is 44.9 Å². The lowest BCUT2D eigenvalue weighted by atomic mass is 10.1. The maximum absolute atomic E-state index is 9.77. The Bertz CT molecular complexity index is 571. The van der Waals surface area contributed by atoms with Gasteiger partial charge >= 0.3 is 0 Å². The number of aliphatic hydroxyl groups excluding tert-OH is 1. The van der Waals surface area contributed by atoms with Crippen LogP contribution in [0, 0.1) is 13.8 Å². The summed E-state index contributed by atoms with van der Waals surface area (Å²) in [6, 6.07) is 8.08. The molecule has 1 N–H and O–H groups in total. The second-order valence-corrected chi connectivity index (χ2v) is 5.08. The highest BCUT2D eigenvalue weighted by Crippen LogP contribution is 2.21. The van der Waals surface area contributed by atoms with Crippen molar-refractivity contribution in [3.63, 3.8) is 0 Å². The molecular weight excluding hydrogens is 252 g/mol. The summed E-state index contributed by atoms with van der Waals surface area (Å²) in [4.78, 5) is 0. The molecule has 1 aromatic carbocycles. The van der Waals surface area contributed by atoms with Gasteiger partial charge in [-0.25, -0.2) is 0 Å². The van der Waals surface area contributed by atoms with Gasteiger partial charge < -0.3 is 9.84 Å². The summed E-state index contributed by atoms with van der Waals surface area (Å²) in [5, 5.41) is 14.3. The SMILES string of the molecule is COc1ccc(CCn2nc(C)c(C(C)O)c2C)cc1. The number of aryl methyl sites for hydroxylation is 3. The van der Waals surface area contributed by atoms with Gasteiger partial charge in [-0.3, -0.25) is 4.68 Å². The minimum atomic E-state index is -0.468. The van der Waals surface area contributed by atoms with Crippen molar-refractivity contribution in [1.29, 1.82) is 0 Å². The zero-order valence-corrected chi connectivity index (χ0v) is 12.6. The predicted octanol–water partition coefficient (Wildman–Crippen LogP) is 2.80. The monoisotopic (exact) mass is 274 g/mol. The van der Waals surface area contributed by atoms with Crippen LogP contribution in [-0.2, 0) is 13.0 Å². The molecule has 0 aliphatic carbocycles. The molecule has 0 spiro atoms. The topological polar surface area (TPSA) is 47.3 Å². The fraction of sp³-hybridized carbons (Fsp3) is 0.438. The van der Waals surface area contributed by atoms with Gasteiger partial charge in [0, 0.05) is 17.8 Å². The lowest BCUT2D eigenvalue weighted by molar-refractivity contribution is 0.197. The first kappa shape index (κ1) is 14.6. The van der Waals surface area contributed by atoms with Crippen molar-refractivity contribution < 1.29 is 9.84 Å². The summed E-state index contributed by atoms with van der Waals surface area (Å²) in [6.07, 6.45) is 0.440. The molecule has 0 amide bonds. The zero-order chi connectivity index (χ0) is 14.7. The highest BCUT2D eigenvalue weighted by atomic mass is 16.5. The molecule has 20 heavy (non-hydrogen) atoms. The van der Waals surface area contributed by atoms with Crippen molar-refractivity contribution >= 4 is 0 Å². The Morgan fingerprint density at radius 3 is 2.40 bits per heavy atom. The van der Waals surface area contributed by atoms with Crippen LogP contribution in [0.15, 0.2) is 24.3 Å². The lowest BCUT2D eigenvalue weighted by Gasteiger charge is -2.08. The molecule has 2 aromatic rings. The molecule has 0 bridgehead atoms. The Balaban J connectivity index is 2.09. The van der Waals surface area contributed by atoms with E-state index >= 15 is 0 Å². The number of nitrogens with zero attached hydrogens (tertiary/aromatic N) is 2. The lowest BCUT2D eigenvalue weighted by Crippen LogP contribution is -2.06. The van der Waals surface area contributed by atoms with Crippen LogP contribution in [0.4, 0.5) is 0 Å². The van der Waals surface area contributed by atoms with E-state index in [4.69, 9.17) is 4.74 Å². The van der Waals surface area contributed by atoms with E-state index in [0.29, 0.717) is 0 Å². The number of rotatable bonds is 5. The van der Waals surface area contributed by atoms with Crippen molar-refractivity contribution in [2.45, 2.75) is 39.8 Å². The number of aromatic nitrogens is 2. The number of methoxy groups -OCH3 is 1. The van der Waals surface area contributed by atoms with E-state index in [1.54, 1.807) is 14.0 Å². The normalized spacial score (nSPS) is 12.4. The Labute approximate surface area is 120 Å². The third-order valence-corrected chi connectivity index (χ3v) is 3.63. The van der Waals surface area contributed by atoms with Crippen molar-refractivity contribution in [3.8, 4) is 5.75 Å². The summed E-state index contributed by atoms with van der Waals surface area (Å²) >= 11 is 0.